The highest BCUT2D eigenvalue weighted by Crippen LogP contribution is 2.47. The van der Waals surface area contributed by atoms with Crippen LogP contribution >= 0.6 is 11.8 Å². The van der Waals surface area contributed by atoms with E-state index in [1.54, 1.807) is 16.7 Å². The summed E-state index contributed by atoms with van der Waals surface area (Å²) in [6.45, 7) is 2.26. The molecule has 0 atom stereocenters. The summed E-state index contributed by atoms with van der Waals surface area (Å²) in [7, 11) is 0. The third kappa shape index (κ3) is 4.20. The third-order valence-corrected chi connectivity index (χ3v) is 5.85. The van der Waals surface area contributed by atoms with Crippen molar-refractivity contribution in [2.45, 2.75) is 29.6 Å². The molecule has 1 heterocycles. The minimum atomic E-state index is -0.0298. The Bertz CT molecular complexity index is 988. The van der Waals surface area contributed by atoms with Crippen molar-refractivity contribution in [1.82, 2.24) is 5.43 Å². The molecular formula is C24H23N3OS. The van der Waals surface area contributed by atoms with Crippen molar-refractivity contribution in [3.63, 3.8) is 0 Å². The Kier molecular flexibility index (Phi) is 5.96. The summed E-state index contributed by atoms with van der Waals surface area (Å²) in [5, 5.41) is 4.54. The van der Waals surface area contributed by atoms with Crippen LogP contribution in [0.25, 0.3) is 0 Å². The van der Waals surface area contributed by atoms with E-state index in [0.717, 1.165) is 45.3 Å². The Balaban J connectivity index is 1.56. The van der Waals surface area contributed by atoms with E-state index in [4.69, 9.17) is 0 Å². The number of anilines is 2. The van der Waals surface area contributed by atoms with Crippen molar-refractivity contribution in [3.8, 4) is 0 Å². The zero-order valence-corrected chi connectivity index (χ0v) is 17.2. The summed E-state index contributed by atoms with van der Waals surface area (Å²) in [4.78, 5) is 17.1. The summed E-state index contributed by atoms with van der Waals surface area (Å²) < 4.78 is 0. The maximum Gasteiger partial charge on any atom is 0.252 e. The number of rotatable bonds is 6. The number of nitrogens with zero attached hydrogens (tertiary/aromatic N) is 2. The highest BCUT2D eigenvalue weighted by molar-refractivity contribution is 7.99. The van der Waals surface area contributed by atoms with Crippen molar-refractivity contribution in [2.75, 3.05) is 11.4 Å². The lowest BCUT2D eigenvalue weighted by Crippen LogP contribution is -2.35. The van der Waals surface area contributed by atoms with Crippen LogP contribution in [0.15, 0.2) is 93.8 Å². The fourth-order valence-electron chi connectivity index (χ4n) is 3.39. The molecule has 29 heavy (non-hydrogen) atoms. The number of carbonyl (C=O) groups is 1. The van der Waals surface area contributed by atoms with E-state index in [-0.39, 0.29) is 12.5 Å². The first-order valence-corrected chi connectivity index (χ1v) is 10.6. The van der Waals surface area contributed by atoms with Gasteiger partial charge in [0.15, 0.2) is 0 Å². The molecule has 1 amide bonds. The first kappa shape index (κ1) is 19.3. The van der Waals surface area contributed by atoms with Crippen molar-refractivity contribution in [1.29, 1.82) is 0 Å². The van der Waals surface area contributed by atoms with Crippen molar-refractivity contribution < 1.29 is 4.79 Å². The quantitative estimate of drug-likeness (QED) is 0.431. The predicted octanol–water partition coefficient (Wildman–Crippen LogP) is 5.61. The second-order valence-electron chi connectivity index (χ2n) is 6.78. The maximum atomic E-state index is 13.2. The molecule has 0 saturated heterocycles. The van der Waals surface area contributed by atoms with E-state index in [0.29, 0.717) is 0 Å². The lowest BCUT2D eigenvalue weighted by atomic mass is 10.1. The van der Waals surface area contributed by atoms with Crippen LogP contribution in [0.4, 0.5) is 11.4 Å². The third-order valence-electron chi connectivity index (χ3n) is 4.72. The van der Waals surface area contributed by atoms with Gasteiger partial charge in [0.25, 0.3) is 5.91 Å². The Morgan fingerprint density at radius 1 is 0.897 bits per heavy atom. The summed E-state index contributed by atoms with van der Waals surface area (Å²) in [5.74, 6) is -0.0298. The van der Waals surface area contributed by atoms with Crippen LogP contribution < -0.4 is 10.3 Å². The molecular weight excluding hydrogens is 378 g/mol. The molecule has 0 fully saturated rings. The standard InChI is InChI=1S/C24H23N3OS/c1-2-10-19(18-11-4-3-5-12-18)26-25-17-24(28)27-20-13-6-8-15-22(20)29-23-16-9-7-14-21(23)27/h3-9,11-16,25H,2,10,17H2,1H3/b26-19+. The number of fused-ring (bicyclic) bond motifs is 2. The highest BCUT2D eigenvalue weighted by atomic mass is 32.2. The SMILES string of the molecule is CCC/C(=N\NCC(=O)N1c2ccccc2Sc2ccccc21)c1ccccc1. The van der Waals surface area contributed by atoms with Crippen LogP contribution in [0.5, 0.6) is 0 Å². The van der Waals surface area contributed by atoms with Crippen molar-refractivity contribution in [3.05, 3.63) is 84.4 Å². The molecule has 5 heteroatoms. The van der Waals surface area contributed by atoms with Gasteiger partial charge in [0.1, 0.15) is 6.54 Å². The van der Waals surface area contributed by atoms with Crippen LogP contribution in [0, 0.1) is 0 Å². The van der Waals surface area contributed by atoms with Gasteiger partial charge < -0.3 is 5.43 Å². The second kappa shape index (κ2) is 8.97. The van der Waals surface area contributed by atoms with E-state index in [1.165, 1.54) is 0 Å². The van der Waals surface area contributed by atoms with E-state index >= 15 is 0 Å². The van der Waals surface area contributed by atoms with Gasteiger partial charge in [-0.1, -0.05) is 79.7 Å². The molecule has 4 rings (SSSR count). The number of para-hydroxylation sites is 2. The molecule has 0 bridgehead atoms. The van der Waals surface area contributed by atoms with E-state index < -0.39 is 0 Å². The van der Waals surface area contributed by atoms with Gasteiger partial charge in [0, 0.05) is 9.79 Å². The zero-order valence-electron chi connectivity index (χ0n) is 16.3. The van der Waals surface area contributed by atoms with Gasteiger partial charge in [-0.15, -0.1) is 0 Å². The largest absolute Gasteiger partial charge is 0.300 e. The van der Waals surface area contributed by atoms with Gasteiger partial charge in [0.2, 0.25) is 0 Å². The highest BCUT2D eigenvalue weighted by Gasteiger charge is 2.27. The van der Waals surface area contributed by atoms with Gasteiger partial charge in [-0.2, -0.15) is 5.10 Å². The minimum Gasteiger partial charge on any atom is -0.300 e. The Labute approximate surface area is 175 Å². The van der Waals surface area contributed by atoms with Crippen molar-refractivity contribution in [2.24, 2.45) is 5.10 Å². The van der Waals surface area contributed by atoms with E-state index in [1.807, 2.05) is 66.7 Å². The second-order valence-corrected chi connectivity index (χ2v) is 7.86. The van der Waals surface area contributed by atoms with E-state index in [9.17, 15) is 4.79 Å². The minimum absolute atomic E-state index is 0.0298. The molecule has 0 aromatic heterocycles. The first-order chi connectivity index (χ1) is 14.3. The molecule has 1 aliphatic heterocycles. The van der Waals surface area contributed by atoms with E-state index in [2.05, 4.69) is 29.6 Å². The fraction of sp³-hybridized carbons (Fsp3) is 0.167. The molecule has 0 aliphatic carbocycles. The normalized spacial score (nSPS) is 12.9. The molecule has 0 unspecified atom stereocenters. The summed E-state index contributed by atoms with van der Waals surface area (Å²) in [5.41, 5.74) is 6.91. The lowest BCUT2D eigenvalue weighted by Gasteiger charge is -2.31. The van der Waals surface area contributed by atoms with Gasteiger partial charge in [-0.25, -0.2) is 0 Å². The van der Waals surface area contributed by atoms with Gasteiger partial charge in [0.05, 0.1) is 17.1 Å². The number of carbonyl (C=O) groups excluding carboxylic acids is 1. The van der Waals surface area contributed by atoms with Crippen LogP contribution in [0.2, 0.25) is 0 Å². The van der Waals surface area contributed by atoms with Gasteiger partial charge in [-0.05, 0) is 36.2 Å². The van der Waals surface area contributed by atoms with Crippen LogP contribution in [-0.2, 0) is 4.79 Å². The lowest BCUT2D eigenvalue weighted by molar-refractivity contribution is -0.117. The Hall–Kier alpha value is -3.05. The first-order valence-electron chi connectivity index (χ1n) is 9.81. The molecule has 4 nitrogen and oxygen atoms in total. The molecule has 3 aromatic rings. The van der Waals surface area contributed by atoms with Crippen LogP contribution in [0.3, 0.4) is 0 Å². The monoisotopic (exact) mass is 401 g/mol. The predicted molar refractivity (Wildman–Crippen MR) is 120 cm³/mol. The summed E-state index contributed by atoms with van der Waals surface area (Å²) >= 11 is 1.69. The number of hydrazone groups is 1. The van der Waals surface area contributed by atoms with Gasteiger partial charge in [-0.3, -0.25) is 9.69 Å². The Morgan fingerprint density at radius 2 is 1.48 bits per heavy atom. The molecule has 0 saturated carbocycles. The Morgan fingerprint density at radius 3 is 2.10 bits per heavy atom. The average Bonchev–Trinajstić information content (AvgIpc) is 2.77. The smallest absolute Gasteiger partial charge is 0.252 e. The molecule has 0 radical (unpaired) electrons. The maximum absolute atomic E-state index is 13.2. The van der Waals surface area contributed by atoms with Gasteiger partial charge >= 0.3 is 0 Å². The number of hydrogen-bond donors (Lipinski definition) is 1. The summed E-state index contributed by atoms with van der Waals surface area (Å²) in [6.07, 6.45) is 1.85. The van der Waals surface area contributed by atoms with Crippen molar-refractivity contribution >= 4 is 34.8 Å². The molecule has 3 aromatic carbocycles. The van der Waals surface area contributed by atoms with Crippen LogP contribution in [-0.4, -0.2) is 18.2 Å². The zero-order chi connectivity index (χ0) is 20.1. The molecule has 1 N–H and O–H groups in total. The number of amides is 1. The number of hydrogen-bond acceptors (Lipinski definition) is 4. The molecule has 0 spiro atoms. The average molecular weight is 402 g/mol. The fourth-order valence-corrected chi connectivity index (χ4v) is 4.45. The topological polar surface area (TPSA) is 44.7 Å². The number of benzene rings is 3. The summed E-state index contributed by atoms with van der Waals surface area (Å²) in [6, 6.07) is 26.1. The molecule has 146 valence electrons. The van der Waals surface area contributed by atoms with Crippen LogP contribution in [0.1, 0.15) is 25.3 Å². The number of nitrogens with one attached hydrogen (secondary N) is 1. The molecule has 1 aliphatic rings.